The molecule has 1 atom stereocenters. The van der Waals surface area contributed by atoms with Crippen molar-refractivity contribution in [3.63, 3.8) is 0 Å². The molecule has 0 radical (unpaired) electrons. The number of hydrogen-bond donors (Lipinski definition) is 3. The third kappa shape index (κ3) is 4.17. The standard InChI is InChI=1S/C22H27N9/c1-22(2,3)20(24-4)13-6-7-25-18(9-13)29-19-10-14-8-16(17-12-27-30-31(17)5)28-21(23)15(14)11-26-19/h6-12,20,24H,1-5H3,(H2,23,28)(H,25,26,29)/t20-/m1/s1. The number of hydrogen-bond acceptors (Lipinski definition) is 8. The van der Waals surface area contributed by atoms with Gasteiger partial charge in [0.05, 0.1) is 11.9 Å². The van der Waals surface area contributed by atoms with E-state index in [1.807, 2.05) is 44.6 Å². The number of fused-ring (bicyclic) bond motifs is 1. The predicted molar refractivity (Wildman–Crippen MR) is 123 cm³/mol. The van der Waals surface area contributed by atoms with Crippen LogP contribution in [0.1, 0.15) is 32.4 Å². The van der Waals surface area contributed by atoms with Crippen molar-refractivity contribution >= 4 is 28.2 Å². The van der Waals surface area contributed by atoms with E-state index in [-0.39, 0.29) is 11.5 Å². The van der Waals surface area contributed by atoms with Crippen LogP contribution in [0.15, 0.2) is 42.9 Å². The number of aromatic nitrogens is 6. The monoisotopic (exact) mass is 417 g/mol. The van der Waals surface area contributed by atoms with Crippen molar-refractivity contribution in [1.82, 2.24) is 35.3 Å². The quantitative estimate of drug-likeness (QED) is 0.452. The Morgan fingerprint density at radius 2 is 1.84 bits per heavy atom. The SMILES string of the molecule is CN[C@H](c1ccnc(Nc2cc3cc(-c4cnnn4C)nc(N)c3cn2)c1)C(C)(C)C. The molecule has 0 amide bonds. The molecule has 0 saturated carbocycles. The number of anilines is 3. The van der Waals surface area contributed by atoms with Crippen molar-refractivity contribution in [3.8, 4) is 11.4 Å². The molecule has 4 aromatic heterocycles. The summed E-state index contributed by atoms with van der Waals surface area (Å²) in [6.07, 6.45) is 5.20. The molecule has 31 heavy (non-hydrogen) atoms. The number of rotatable bonds is 5. The second kappa shape index (κ2) is 7.92. The van der Waals surface area contributed by atoms with Crippen LogP contribution in [-0.4, -0.2) is 37.0 Å². The molecule has 9 heteroatoms. The molecule has 4 heterocycles. The maximum Gasteiger partial charge on any atom is 0.133 e. The van der Waals surface area contributed by atoms with E-state index < -0.39 is 0 Å². The van der Waals surface area contributed by atoms with Crippen molar-refractivity contribution < 1.29 is 0 Å². The Labute approximate surface area is 181 Å². The molecule has 0 aromatic carbocycles. The highest BCUT2D eigenvalue weighted by molar-refractivity contribution is 5.94. The summed E-state index contributed by atoms with van der Waals surface area (Å²) in [5.41, 5.74) is 8.90. The van der Waals surface area contributed by atoms with E-state index in [2.05, 4.69) is 56.7 Å². The maximum atomic E-state index is 6.18. The Kier molecular flexibility index (Phi) is 5.28. The van der Waals surface area contributed by atoms with Crippen LogP contribution in [0.2, 0.25) is 0 Å². The summed E-state index contributed by atoms with van der Waals surface area (Å²) in [5, 5.41) is 16.3. The Morgan fingerprint density at radius 3 is 2.52 bits per heavy atom. The molecule has 9 nitrogen and oxygen atoms in total. The first-order valence-electron chi connectivity index (χ1n) is 10.1. The average molecular weight is 418 g/mol. The van der Waals surface area contributed by atoms with Gasteiger partial charge in [0, 0.05) is 30.9 Å². The van der Waals surface area contributed by atoms with Gasteiger partial charge in [0.15, 0.2) is 0 Å². The Balaban J connectivity index is 1.68. The minimum absolute atomic E-state index is 0.0656. The van der Waals surface area contributed by atoms with Gasteiger partial charge in [-0.1, -0.05) is 26.0 Å². The third-order valence-electron chi connectivity index (χ3n) is 5.25. The van der Waals surface area contributed by atoms with Gasteiger partial charge in [0.1, 0.15) is 23.1 Å². The van der Waals surface area contributed by atoms with Crippen LogP contribution in [-0.2, 0) is 7.05 Å². The second-order valence-corrected chi connectivity index (χ2v) is 8.61. The van der Waals surface area contributed by atoms with Gasteiger partial charge in [0.2, 0.25) is 0 Å². The van der Waals surface area contributed by atoms with Gasteiger partial charge in [0.25, 0.3) is 0 Å². The topological polar surface area (TPSA) is 119 Å². The highest BCUT2D eigenvalue weighted by Gasteiger charge is 2.25. The second-order valence-electron chi connectivity index (χ2n) is 8.61. The Hall–Kier alpha value is -3.59. The van der Waals surface area contributed by atoms with E-state index in [9.17, 15) is 0 Å². The highest BCUT2D eigenvalue weighted by Crippen LogP contribution is 2.33. The lowest BCUT2D eigenvalue weighted by Gasteiger charge is -2.31. The molecule has 0 saturated heterocycles. The van der Waals surface area contributed by atoms with Crippen molar-refractivity contribution in [2.75, 3.05) is 18.1 Å². The third-order valence-corrected chi connectivity index (χ3v) is 5.25. The molecule has 4 rings (SSSR count). The first-order chi connectivity index (χ1) is 14.8. The van der Waals surface area contributed by atoms with E-state index >= 15 is 0 Å². The minimum Gasteiger partial charge on any atom is -0.383 e. The maximum absolute atomic E-state index is 6.18. The fourth-order valence-corrected chi connectivity index (χ4v) is 3.82. The zero-order valence-electron chi connectivity index (χ0n) is 18.4. The molecule has 4 aromatic rings. The summed E-state index contributed by atoms with van der Waals surface area (Å²) in [4.78, 5) is 13.4. The zero-order valence-corrected chi connectivity index (χ0v) is 18.4. The van der Waals surface area contributed by atoms with Crippen LogP contribution in [0.3, 0.4) is 0 Å². The molecule has 0 aliphatic heterocycles. The van der Waals surface area contributed by atoms with E-state index in [4.69, 9.17) is 5.73 Å². The number of nitrogens with two attached hydrogens (primary N) is 1. The molecular weight excluding hydrogens is 390 g/mol. The van der Waals surface area contributed by atoms with Crippen LogP contribution in [0, 0.1) is 5.41 Å². The van der Waals surface area contributed by atoms with Crippen molar-refractivity contribution in [3.05, 3.63) is 48.4 Å². The normalized spacial score (nSPS) is 12.8. The lowest BCUT2D eigenvalue weighted by atomic mass is 9.83. The summed E-state index contributed by atoms with van der Waals surface area (Å²) in [6.45, 7) is 6.63. The fraction of sp³-hybridized carbons (Fsp3) is 0.318. The van der Waals surface area contributed by atoms with Crippen molar-refractivity contribution in [2.45, 2.75) is 26.8 Å². The van der Waals surface area contributed by atoms with E-state index in [0.29, 0.717) is 17.3 Å². The molecular formula is C22H27N9. The molecule has 0 unspecified atom stereocenters. The summed E-state index contributed by atoms with van der Waals surface area (Å²) in [5.74, 6) is 1.82. The van der Waals surface area contributed by atoms with Crippen LogP contribution in [0.25, 0.3) is 22.2 Å². The first kappa shape index (κ1) is 20.7. The lowest BCUT2D eigenvalue weighted by Crippen LogP contribution is -2.29. The molecule has 0 spiro atoms. The average Bonchev–Trinajstić information content (AvgIpc) is 3.13. The van der Waals surface area contributed by atoms with E-state index in [1.54, 1.807) is 17.1 Å². The number of nitrogen functional groups attached to an aromatic ring is 1. The number of aryl methyl sites for hydroxylation is 1. The van der Waals surface area contributed by atoms with Gasteiger partial charge in [-0.25, -0.2) is 19.6 Å². The van der Waals surface area contributed by atoms with Gasteiger partial charge in [-0.05, 0) is 47.7 Å². The van der Waals surface area contributed by atoms with Gasteiger partial charge in [-0.2, -0.15) is 0 Å². The summed E-state index contributed by atoms with van der Waals surface area (Å²) in [7, 11) is 3.79. The highest BCUT2D eigenvalue weighted by atomic mass is 15.4. The van der Waals surface area contributed by atoms with E-state index in [0.717, 1.165) is 27.8 Å². The minimum atomic E-state index is 0.0656. The molecule has 0 aliphatic carbocycles. The smallest absolute Gasteiger partial charge is 0.133 e. The molecule has 0 aliphatic rings. The molecule has 0 bridgehead atoms. The van der Waals surface area contributed by atoms with E-state index in [1.165, 1.54) is 0 Å². The molecule has 4 N–H and O–H groups in total. The summed E-state index contributed by atoms with van der Waals surface area (Å²) >= 11 is 0. The van der Waals surface area contributed by atoms with Gasteiger partial charge in [-0.15, -0.1) is 5.10 Å². The largest absolute Gasteiger partial charge is 0.383 e. The van der Waals surface area contributed by atoms with Crippen LogP contribution in [0.5, 0.6) is 0 Å². The van der Waals surface area contributed by atoms with Crippen LogP contribution >= 0.6 is 0 Å². The predicted octanol–water partition coefficient (Wildman–Crippen LogP) is 3.45. The summed E-state index contributed by atoms with van der Waals surface area (Å²) < 4.78 is 1.66. The number of nitrogens with zero attached hydrogens (tertiary/aromatic N) is 6. The lowest BCUT2D eigenvalue weighted by molar-refractivity contribution is 0.287. The van der Waals surface area contributed by atoms with Crippen molar-refractivity contribution in [1.29, 1.82) is 0 Å². The van der Waals surface area contributed by atoms with Gasteiger partial charge < -0.3 is 16.4 Å². The van der Waals surface area contributed by atoms with Crippen LogP contribution in [0.4, 0.5) is 17.5 Å². The van der Waals surface area contributed by atoms with Gasteiger partial charge >= 0.3 is 0 Å². The number of nitrogens with one attached hydrogen (secondary N) is 2. The van der Waals surface area contributed by atoms with Crippen LogP contribution < -0.4 is 16.4 Å². The van der Waals surface area contributed by atoms with Gasteiger partial charge in [-0.3, -0.25) is 0 Å². The summed E-state index contributed by atoms with van der Waals surface area (Å²) in [6, 6.07) is 8.17. The molecule has 160 valence electrons. The Bertz CT molecular complexity index is 1220. The van der Waals surface area contributed by atoms with Crippen molar-refractivity contribution in [2.24, 2.45) is 12.5 Å². The first-order valence-corrected chi connectivity index (χ1v) is 10.1. The zero-order chi connectivity index (χ0) is 22.2. The Morgan fingerprint density at radius 1 is 1.06 bits per heavy atom. The fourth-order valence-electron chi connectivity index (χ4n) is 3.82. The molecule has 0 fully saturated rings. The number of pyridine rings is 3.